The van der Waals surface area contributed by atoms with E-state index in [4.69, 9.17) is 15.9 Å². The van der Waals surface area contributed by atoms with Gasteiger partial charge in [-0.1, -0.05) is 0 Å². The summed E-state index contributed by atoms with van der Waals surface area (Å²) in [7, 11) is 0. The molecule has 0 saturated carbocycles. The lowest BCUT2D eigenvalue weighted by atomic mass is 10.3. The van der Waals surface area contributed by atoms with E-state index in [0.29, 0.717) is 0 Å². The number of aromatic carboxylic acids is 1. The van der Waals surface area contributed by atoms with Crippen LogP contribution >= 0.6 is 0 Å². The minimum atomic E-state index is -1.12. The van der Waals surface area contributed by atoms with Crippen molar-refractivity contribution in [2.24, 2.45) is 0 Å². The van der Waals surface area contributed by atoms with E-state index < -0.39 is 12.1 Å². The third-order valence-electron chi connectivity index (χ3n) is 1.55. The Labute approximate surface area is 74.6 Å². The maximum Gasteiger partial charge on any atom is 0.341 e. The smallest absolute Gasteiger partial charge is 0.341 e. The van der Waals surface area contributed by atoms with Crippen molar-refractivity contribution in [3.63, 3.8) is 0 Å². The van der Waals surface area contributed by atoms with Crippen molar-refractivity contribution in [2.45, 2.75) is 19.6 Å². The summed E-state index contributed by atoms with van der Waals surface area (Å²) < 4.78 is 1.26. The Morgan fingerprint density at radius 1 is 1.85 bits per heavy atom. The fraction of sp³-hybridized carbons (Fsp3) is 0.429. The molecular weight excluding hydrogens is 174 g/mol. The van der Waals surface area contributed by atoms with Crippen LogP contribution in [0.3, 0.4) is 0 Å². The molecule has 0 aliphatic heterocycles. The lowest BCUT2D eigenvalue weighted by Gasteiger charge is -2.05. The zero-order valence-electron chi connectivity index (χ0n) is 7.14. The topological polar surface area (TPSA) is 101 Å². The molecule has 1 aromatic rings. The van der Waals surface area contributed by atoms with E-state index in [1.807, 2.05) is 0 Å². The standard InChI is InChI=1S/C7H11N3O3/c1-4(11)3-10-6(8)5(2-9-10)7(12)13/h2,4,11H,3,8H2,1H3,(H,12,13). The van der Waals surface area contributed by atoms with Crippen LogP contribution in [-0.2, 0) is 6.54 Å². The van der Waals surface area contributed by atoms with Crippen LogP contribution < -0.4 is 5.73 Å². The minimum absolute atomic E-state index is 0.0411. The van der Waals surface area contributed by atoms with Crippen LogP contribution in [0, 0.1) is 0 Å². The Hall–Kier alpha value is -1.56. The van der Waals surface area contributed by atoms with Gasteiger partial charge in [0.2, 0.25) is 0 Å². The summed E-state index contributed by atoms with van der Waals surface area (Å²) in [5.74, 6) is -1.05. The maximum absolute atomic E-state index is 10.5. The number of carbonyl (C=O) groups is 1. The van der Waals surface area contributed by atoms with Gasteiger partial charge in [-0.3, -0.25) is 0 Å². The molecule has 1 heterocycles. The predicted octanol–water partition coefficient (Wildman–Crippen LogP) is -0.456. The maximum atomic E-state index is 10.5. The number of hydrogen-bond donors (Lipinski definition) is 3. The zero-order valence-corrected chi connectivity index (χ0v) is 7.14. The van der Waals surface area contributed by atoms with Crippen LogP contribution in [0.25, 0.3) is 0 Å². The molecule has 0 radical (unpaired) electrons. The van der Waals surface area contributed by atoms with Gasteiger partial charge in [0.25, 0.3) is 0 Å². The second-order valence-electron chi connectivity index (χ2n) is 2.78. The third-order valence-corrected chi connectivity index (χ3v) is 1.55. The molecule has 0 spiro atoms. The number of anilines is 1. The van der Waals surface area contributed by atoms with E-state index in [2.05, 4.69) is 5.10 Å². The number of aromatic nitrogens is 2. The van der Waals surface area contributed by atoms with Gasteiger partial charge >= 0.3 is 5.97 Å². The monoisotopic (exact) mass is 185 g/mol. The van der Waals surface area contributed by atoms with Gasteiger partial charge in [0.15, 0.2) is 0 Å². The molecule has 0 aromatic carbocycles. The molecule has 1 aromatic heterocycles. The first-order chi connectivity index (χ1) is 6.02. The van der Waals surface area contributed by atoms with Crippen LogP contribution in [0.1, 0.15) is 17.3 Å². The summed E-state index contributed by atoms with van der Waals surface area (Å²) in [6, 6.07) is 0. The highest BCUT2D eigenvalue weighted by molar-refractivity contribution is 5.92. The fourth-order valence-electron chi connectivity index (χ4n) is 0.955. The second kappa shape index (κ2) is 3.44. The zero-order chi connectivity index (χ0) is 10.0. The molecular formula is C7H11N3O3. The number of rotatable bonds is 3. The average Bonchev–Trinajstić information content (AvgIpc) is 2.32. The van der Waals surface area contributed by atoms with E-state index in [-0.39, 0.29) is 17.9 Å². The van der Waals surface area contributed by atoms with Gasteiger partial charge in [-0.15, -0.1) is 0 Å². The second-order valence-corrected chi connectivity index (χ2v) is 2.78. The van der Waals surface area contributed by atoms with E-state index >= 15 is 0 Å². The predicted molar refractivity (Wildman–Crippen MR) is 45.3 cm³/mol. The molecule has 6 heteroatoms. The number of aliphatic hydroxyl groups excluding tert-OH is 1. The van der Waals surface area contributed by atoms with E-state index in [0.717, 1.165) is 0 Å². The number of nitrogens with zero attached hydrogens (tertiary/aromatic N) is 2. The summed E-state index contributed by atoms with van der Waals surface area (Å²) in [6.45, 7) is 1.76. The fourth-order valence-corrected chi connectivity index (χ4v) is 0.955. The molecule has 0 amide bonds. The number of carboxylic acids is 1. The molecule has 0 aliphatic rings. The van der Waals surface area contributed by atoms with Gasteiger partial charge in [-0.2, -0.15) is 5.10 Å². The van der Waals surface area contributed by atoms with Gasteiger partial charge in [0.05, 0.1) is 18.8 Å². The molecule has 0 aliphatic carbocycles. The average molecular weight is 185 g/mol. The van der Waals surface area contributed by atoms with E-state index in [1.54, 1.807) is 6.92 Å². The van der Waals surface area contributed by atoms with Crippen LogP contribution in [0.2, 0.25) is 0 Å². The molecule has 13 heavy (non-hydrogen) atoms. The molecule has 4 N–H and O–H groups in total. The lowest BCUT2D eigenvalue weighted by molar-refractivity contribution is 0.0697. The van der Waals surface area contributed by atoms with E-state index in [9.17, 15) is 4.79 Å². The summed E-state index contributed by atoms with van der Waals surface area (Å²) in [5.41, 5.74) is 5.42. The summed E-state index contributed by atoms with van der Waals surface area (Å²) in [6.07, 6.45) is 0.559. The van der Waals surface area contributed by atoms with Gasteiger partial charge in [0.1, 0.15) is 11.4 Å². The van der Waals surface area contributed by atoms with Gasteiger partial charge in [-0.25, -0.2) is 9.48 Å². The quantitative estimate of drug-likeness (QED) is 0.591. The molecule has 0 fully saturated rings. The Balaban J connectivity index is 2.93. The molecule has 6 nitrogen and oxygen atoms in total. The Kier molecular flexibility index (Phi) is 2.52. The van der Waals surface area contributed by atoms with Gasteiger partial charge < -0.3 is 15.9 Å². The van der Waals surface area contributed by atoms with Crippen LogP contribution in [0.15, 0.2) is 6.20 Å². The van der Waals surface area contributed by atoms with Crippen molar-refractivity contribution in [3.8, 4) is 0 Å². The number of carboxylic acid groups (broad SMARTS) is 1. The van der Waals surface area contributed by atoms with Gasteiger partial charge in [0, 0.05) is 0 Å². The normalized spacial score (nSPS) is 12.8. The van der Waals surface area contributed by atoms with Crippen molar-refractivity contribution in [2.75, 3.05) is 5.73 Å². The highest BCUT2D eigenvalue weighted by Crippen LogP contribution is 2.10. The van der Waals surface area contributed by atoms with Crippen molar-refractivity contribution >= 4 is 11.8 Å². The Morgan fingerprint density at radius 2 is 2.46 bits per heavy atom. The Bertz CT molecular complexity index is 319. The SMILES string of the molecule is CC(O)Cn1ncc(C(=O)O)c1N. The number of aliphatic hydroxyl groups is 1. The summed E-state index contributed by atoms with van der Waals surface area (Å²) in [5, 5.41) is 21.4. The molecule has 1 unspecified atom stereocenters. The number of nitrogen functional groups attached to an aromatic ring is 1. The largest absolute Gasteiger partial charge is 0.477 e. The Morgan fingerprint density at radius 3 is 2.85 bits per heavy atom. The third kappa shape index (κ3) is 1.97. The van der Waals surface area contributed by atoms with Crippen molar-refractivity contribution in [1.82, 2.24) is 9.78 Å². The first-order valence-corrected chi connectivity index (χ1v) is 3.75. The minimum Gasteiger partial charge on any atom is -0.477 e. The molecule has 1 rings (SSSR count). The molecule has 1 atom stereocenters. The first-order valence-electron chi connectivity index (χ1n) is 3.75. The molecule has 72 valence electrons. The van der Waals surface area contributed by atoms with Crippen molar-refractivity contribution < 1.29 is 15.0 Å². The van der Waals surface area contributed by atoms with Crippen molar-refractivity contribution in [1.29, 1.82) is 0 Å². The summed E-state index contributed by atoms with van der Waals surface area (Å²) >= 11 is 0. The highest BCUT2D eigenvalue weighted by atomic mass is 16.4. The van der Waals surface area contributed by atoms with E-state index in [1.165, 1.54) is 10.9 Å². The number of hydrogen-bond acceptors (Lipinski definition) is 4. The molecule has 0 saturated heterocycles. The first kappa shape index (κ1) is 9.53. The van der Waals surface area contributed by atoms with Crippen LogP contribution in [-0.4, -0.2) is 32.1 Å². The summed E-state index contributed by atoms with van der Waals surface area (Å²) in [4.78, 5) is 10.5. The number of nitrogens with two attached hydrogens (primary N) is 1. The van der Waals surface area contributed by atoms with Crippen LogP contribution in [0.5, 0.6) is 0 Å². The molecule has 0 bridgehead atoms. The highest BCUT2D eigenvalue weighted by Gasteiger charge is 2.14. The van der Waals surface area contributed by atoms with Crippen LogP contribution in [0.4, 0.5) is 5.82 Å². The van der Waals surface area contributed by atoms with Crippen molar-refractivity contribution in [3.05, 3.63) is 11.8 Å². The van der Waals surface area contributed by atoms with Gasteiger partial charge in [-0.05, 0) is 6.92 Å². The lowest BCUT2D eigenvalue weighted by Crippen LogP contribution is -2.15.